The largest absolute Gasteiger partial charge is 0.396 e. The van der Waals surface area contributed by atoms with Crippen molar-refractivity contribution in [1.29, 1.82) is 0 Å². The molecule has 8 heteroatoms. The molecule has 0 radical (unpaired) electrons. The summed E-state index contributed by atoms with van der Waals surface area (Å²) in [4.78, 5) is 12.4. The number of fused-ring (bicyclic) bond motifs is 3. The lowest BCUT2D eigenvalue weighted by Gasteiger charge is -2.36. The minimum absolute atomic E-state index is 0.0142. The summed E-state index contributed by atoms with van der Waals surface area (Å²) in [5.41, 5.74) is 0. The average Bonchev–Trinajstić information content (AvgIpc) is 2.92. The molecule has 3 aliphatic heterocycles. The maximum Gasteiger partial charge on any atom is 0.252 e. The Morgan fingerprint density at radius 3 is 2.30 bits per heavy atom. The van der Waals surface area contributed by atoms with E-state index >= 15 is 0 Å². The van der Waals surface area contributed by atoms with Crippen molar-refractivity contribution < 1.29 is 33.6 Å². The highest BCUT2D eigenvalue weighted by molar-refractivity contribution is 5.81. The van der Waals surface area contributed by atoms with Gasteiger partial charge in [0.1, 0.15) is 18.3 Å². The Bertz CT molecular complexity index is 467. The van der Waals surface area contributed by atoms with Gasteiger partial charge in [-0.3, -0.25) is 4.79 Å². The van der Waals surface area contributed by atoms with Crippen molar-refractivity contribution in [2.45, 2.75) is 76.4 Å². The van der Waals surface area contributed by atoms with Gasteiger partial charge in [0.05, 0.1) is 0 Å². The summed E-state index contributed by atoms with van der Waals surface area (Å²) in [5.74, 6) is -1.94. The molecule has 0 spiro atoms. The molecule has 3 saturated heterocycles. The van der Waals surface area contributed by atoms with Crippen molar-refractivity contribution in [2.75, 3.05) is 13.2 Å². The van der Waals surface area contributed by atoms with Gasteiger partial charge in [-0.05, 0) is 34.1 Å². The highest BCUT2D eigenvalue weighted by Gasteiger charge is 2.62. The monoisotopic (exact) mass is 331 g/mol. The van der Waals surface area contributed by atoms with Crippen LogP contribution in [0.4, 0.5) is 0 Å². The van der Waals surface area contributed by atoms with Gasteiger partial charge in [0.25, 0.3) is 5.91 Å². The third kappa shape index (κ3) is 3.38. The smallest absolute Gasteiger partial charge is 0.252 e. The lowest BCUT2D eigenvalue weighted by atomic mass is 9.98. The second-order valence-corrected chi connectivity index (χ2v) is 6.96. The molecule has 0 saturated carbocycles. The Hall–Kier alpha value is -0.770. The van der Waals surface area contributed by atoms with Crippen LogP contribution in [-0.2, 0) is 28.5 Å². The predicted octanol–water partition coefficient (Wildman–Crippen LogP) is -0.118. The lowest BCUT2D eigenvalue weighted by molar-refractivity contribution is -0.231. The molecule has 0 aromatic carbocycles. The normalized spacial score (nSPS) is 40.5. The number of nitrogens with one attached hydrogen (secondary N) is 1. The number of hydrogen-bond donors (Lipinski definition) is 2. The van der Waals surface area contributed by atoms with Crippen molar-refractivity contribution >= 4 is 5.91 Å². The maximum atomic E-state index is 12.4. The first-order valence-electron chi connectivity index (χ1n) is 7.98. The Labute approximate surface area is 135 Å². The van der Waals surface area contributed by atoms with E-state index in [1.807, 2.05) is 0 Å². The fraction of sp³-hybridized carbons (Fsp3) is 0.933. The highest BCUT2D eigenvalue weighted by atomic mass is 16.9. The molecule has 0 aromatic heterocycles. The van der Waals surface area contributed by atoms with Gasteiger partial charge in [0.2, 0.25) is 0 Å². The summed E-state index contributed by atoms with van der Waals surface area (Å²) in [6.07, 6.45) is -2.51. The molecule has 0 unspecified atom stereocenters. The maximum absolute atomic E-state index is 12.4. The topological polar surface area (TPSA) is 95.5 Å². The quantitative estimate of drug-likeness (QED) is 0.694. The molecule has 0 aliphatic carbocycles. The zero-order valence-electron chi connectivity index (χ0n) is 13.9. The number of ether oxygens (including phenoxy) is 5. The van der Waals surface area contributed by atoms with E-state index in [0.29, 0.717) is 13.0 Å². The van der Waals surface area contributed by atoms with Gasteiger partial charge in [0.15, 0.2) is 24.0 Å². The summed E-state index contributed by atoms with van der Waals surface area (Å²) in [7, 11) is 0. The second-order valence-electron chi connectivity index (χ2n) is 6.96. The Morgan fingerprint density at radius 1 is 1.00 bits per heavy atom. The van der Waals surface area contributed by atoms with Crippen LogP contribution in [0.2, 0.25) is 0 Å². The Balaban J connectivity index is 1.77. The van der Waals surface area contributed by atoms with Crippen molar-refractivity contribution in [3.63, 3.8) is 0 Å². The molecule has 1 amide bonds. The number of amides is 1. The molecule has 0 aromatic rings. The molecule has 3 aliphatic rings. The van der Waals surface area contributed by atoms with Crippen molar-refractivity contribution in [3.8, 4) is 0 Å². The summed E-state index contributed by atoms with van der Waals surface area (Å²) >= 11 is 0. The van der Waals surface area contributed by atoms with Crippen LogP contribution in [0.15, 0.2) is 0 Å². The summed E-state index contributed by atoms with van der Waals surface area (Å²) in [6, 6.07) is 0. The fourth-order valence-electron chi connectivity index (χ4n) is 3.21. The minimum Gasteiger partial charge on any atom is -0.396 e. The molecule has 0 bridgehead atoms. The predicted molar refractivity (Wildman–Crippen MR) is 77.2 cm³/mol. The molecule has 3 heterocycles. The van der Waals surface area contributed by atoms with Crippen LogP contribution in [0.25, 0.3) is 0 Å². The van der Waals surface area contributed by atoms with Crippen molar-refractivity contribution in [1.82, 2.24) is 5.32 Å². The van der Waals surface area contributed by atoms with E-state index in [1.165, 1.54) is 0 Å². The molecule has 8 nitrogen and oxygen atoms in total. The van der Waals surface area contributed by atoms with E-state index in [1.54, 1.807) is 27.7 Å². The van der Waals surface area contributed by atoms with Crippen molar-refractivity contribution in [3.05, 3.63) is 0 Å². The van der Waals surface area contributed by atoms with E-state index in [9.17, 15) is 4.79 Å². The fourth-order valence-corrected chi connectivity index (χ4v) is 3.21. The van der Waals surface area contributed by atoms with Gasteiger partial charge < -0.3 is 34.1 Å². The van der Waals surface area contributed by atoms with E-state index in [0.717, 1.165) is 0 Å². The van der Waals surface area contributed by atoms with E-state index in [4.69, 9.17) is 28.8 Å². The van der Waals surface area contributed by atoms with Crippen LogP contribution in [0.5, 0.6) is 0 Å². The molecule has 2 N–H and O–H groups in total. The SMILES string of the molecule is CC1(C)O[C@@H]2O[C@H](C(=O)NCCCO)[C@@H]3OC(C)(C)O[C@H]3[C@@H]2O1. The number of rotatable bonds is 4. The van der Waals surface area contributed by atoms with E-state index in [-0.39, 0.29) is 12.5 Å². The second kappa shape index (κ2) is 5.94. The number of carbonyl (C=O) groups is 1. The summed E-state index contributed by atoms with van der Waals surface area (Å²) in [6.45, 7) is 7.56. The van der Waals surface area contributed by atoms with Gasteiger partial charge >= 0.3 is 0 Å². The van der Waals surface area contributed by atoms with Crippen LogP contribution in [0.1, 0.15) is 34.1 Å². The van der Waals surface area contributed by atoms with E-state index < -0.39 is 42.3 Å². The van der Waals surface area contributed by atoms with Gasteiger partial charge in [-0.2, -0.15) is 0 Å². The van der Waals surface area contributed by atoms with Crippen molar-refractivity contribution in [2.24, 2.45) is 0 Å². The van der Waals surface area contributed by atoms with Gasteiger partial charge in [0, 0.05) is 13.2 Å². The summed E-state index contributed by atoms with van der Waals surface area (Å²) < 4.78 is 29.2. The molecule has 3 fully saturated rings. The van der Waals surface area contributed by atoms with E-state index in [2.05, 4.69) is 5.32 Å². The standard InChI is InChI=1S/C15H25NO7/c1-14(2)20-8-9(21-14)11-13(23-15(3,4)22-11)19-10(8)12(18)16-6-5-7-17/h8-11,13,17H,5-7H2,1-4H3,(H,16,18)/t8-,9-,10+,11+,13+/m1/s1. The number of aliphatic hydroxyl groups excluding tert-OH is 1. The first kappa shape index (κ1) is 17.1. The molecule has 3 rings (SSSR count). The molecular weight excluding hydrogens is 306 g/mol. The zero-order chi connectivity index (χ0) is 16.8. The number of aliphatic hydroxyl groups is 1. The first-order valence-corrected chi connectivity index (χ1v) is 7.98. The highest BCUT2D eigenvalue weighted by Crippen LogP contribution is 2.44. The minimum atomic E-state index is -0.848. The van der Waals surface area contributed by atoms with Crippen LogP contribution >= 0.6 is 0 Å². The third-order valence-corrected chi connectivity index (χ3v) is 4.05. The Kier molecular flexibility index (Phi) is 4.41. The summed E-state index contributed by atoms with van der Waals surface area (Å²) in [5, 5.41) is 11.6. The van der Waals surface area contributed by atoms with Gasteiger partial charge in [-0.25, -0.2) is 0 Å². The lowest BCUT2D eigenvalue weighted by Crippen LogP contribution is -2.59. The van der Waals surface area contributed by atoms with Crippen LogP contribution < -0.4 is 5.32 Å². The number of carbonyl (C=O) groups excluding carboxylic acids is 1. The molecule has 5 atom stereocenters. The molecular formula is C15H25NO7. The molecule has 132 valence electrons. The van der Waals surface area contributed by atoms with Gasteiger partial charge in [-0.15, -0.1) is 0 Å². The average molecular weight is 331 g/mol. The van der Waals surface area contributed by atoms with Crippen LogP contribution in [0.3, 0.4) is 0 Å². The molecule has 23 heavy (non-hydrogen) atoms. The Morgan fingerprint density at radius 2 is 1.61 bits per heavy atom. The van der Waals surface area contributed by atoms with Crippen LogP contribution in [0, 0.1) is 0 Å². The van der Waals surface area contributed by atoms with Gasteiger partial charge in [-0.1, -0.05) is 0 Å². The first-order chi connectivity index (χ1) is 10.7. The zero-order valence-corrected chi connectivity index (χ0v) is 13.9. The number of hydrogen-bond acceptors (Lipinski definition) is 7. The van der Waals surface area contributed by atoms with Crippen LogP contribution in [-0.4, -0.2) is 66.4 Å². The third-order valence-electron chi connectivity index (χ3n) is 4.05.